The van der Waals surface area contributed by atoms with Crippen molar-refractivity contribution in [2.75, 3.05) is 26.4 Å². The van der Waals surface area contributed by atoms with Gasteiger partial charge in [0.1, 0.15) is 6.17 Å². The Morgan fingerprint density at radius 3 is 2.64 bits per heavy atom. The average molecular weight is 421 g/mol. The van der Waals surface area contributed by atoms with E-state index in [0.717, 1.165) is 23.8 Å². The van der Waals surface area contributed by atoms with Crippen molar-refractivity contribution in [3.63, 3.8) is 0 Å². The maximum atomic E-state index is 15.4. The Hall–Kier alpha value is -0.810. The number of carbonyl (C=O) groups excluding carboxylic acids is 1. The minimum atomic E-state index is -4.09. The molecule has 28 heavy (non-hydrogen) atoms. The van der Waals surface area contributed by atoms with Crippen LogP contribution in [0.4, 0.5) is 4.39 Å². The smallest absolute Gasteiger partial charge is 0.304 e. The van der Waals surface area contributed by atoms with Crippen LogP contribution in [-0.2, 0) is 24.5 Å². The lowest BCUT2D eigenvalue weighted by molar-refractivity contribution is -0.121. The lowest BCUT2D eigenvalue weighted by Gasteiger charge is -2.47. The Balaban J connectivity index is 1.34. The zero-order valence-electron chi connectivity index (χ0n) is 15.8. The van der Waals surface area contributed by atoms with Crippen molar-refractivity contribution >= 4 is 16.1 Å². The van der Waals surface area contributed by atoms with Crippen molar-refractivity contribution in [3.05, 3.63) is 0 Å². The van der Waals surface area contributed by atoms with Crippen LogP contribution in [0.25, 0.3) is 0 Å². The first-order valence-electron chi connectivity index (χ1n) is 10.2. The molecular weight excluding hydrogens is 391 g/mol. The van der Waals surface area contributed by atoms with Crippen molar-refractivity contribution in [2.45, 2.75) is 62.9 Å². The number of fused-ring (bicyclic) bond motifs is 1. The summed E-state index contributed by atoms with van der Waals surface area (Å²) in [5.41, 5.74) is 0. The number of halogens is 1. The Bertz CT molecular complexity index is 688. The summed E-state index contributed by atoms with van der Waals surface area (Å²) in [7, 11) is -4.09. The standard InChI is InChI=1S/C18H29FN2O6S/c19-17-14-8-13(27-6-5-26-10-11-1-2-11)4-3-12(14)7-15(22)18(17)21-9-16(23)20-28(21,24)25/h11-15,17-18,22H,1-10H2,(H,20,23). The van der Waals surface area contributed by atoms with Crippen LogP contribution in [0, 0.1) is 17.8 Å². The van der Waals surface area contributed by atoms with Crippen LogP contribution in [0.3, 0.4) is 0 Å². The molecule has 0 aromatic rings. The van der Waals surface area contributed by atoms with Crippen molar-refractivity contribution in [3.8, 4) is 0 Å². The minimum Gasteiger partial charge on any atom is -0.391 e. The van der Waals surface area contributed by atoms with Gasteiger partial charge in [0.15, 0.2) is 0 Å². The summed E-state index contributed by atoms with van der Waals surface area (Å²) in [5.74, 6) is -0.374. The van der Waals surface area contributed by atoms with Gasteiger partial charge in [-0.05, 0) is 56.3 Å². The molecule has 160 valence electrons. The maximum absolute atomic E-state index is 15.4. The molecule has 0 bridgehead atoms. The van der Waals surface area contributed by atoms with Gasteiger partial charge >= 0.3 is 10.2 Å². The summed E-state index contributed by atoms with van der Waals surface area (Å²) < 4.78 is 53.7. The molecule has 6 atom stereocenters. The number of hydrogen-bond acceptors (Lipinski definition) is 6. The van der Waals surface area contributed by atoms with Gasteiger partial charge in [0.05, 0.1) is 38.0 Å². The highest BCUT2D eigenvalue weighted by molar-refractivity contribution is 7.88. The molecule has 1 aliphatic heterocycles. The van der Waals surface area contributed by atoms with E-state index >= 15 is 4.39 Å². The SMILES string of the molecule is O=C1CN(C2C(O)CC3CCC(OCCOCC4CC4)CC3C2F)S(=O)(=O)N1. The van der Waals surface area contributed by atoms with E-state index in [9.17, 15) is 18.3 Å². The predicted octanol–water partition coefficient (Wildman–Crippen LogP) is 0.362. The molecule has 4 rings (SSSR count). The number of amides is 1. The van der Waals surface area contributed by atoms with Gasteiger partial charge in [-0.2, -0.15) is 12.7 Å². The second-order valence-corrected chi connectivity index (χ2v) is 10.2. The van der Waals surface area contributed by atoms with E-state index in [1.54, 1.807) is 0 Å². The Morgan fingerprint density at radius 1 is 1.18 bits per heavy atom. The lowest BCUT2D eigenvalue weighted by atomic mass is 9.66. The number of nitrogens with zero attached hydrogens (tertiary/aromatic N) is 1. The topological polar surface area (TPSA) is 105 Å². The van der Waals surface area contributed by atoms with E-state index in [-0.39, 0.29) is 17.9 Å². The Kier molecular flexibility index (Phi) is 5.95. The van der Waals surface area contributed by atoms with E-state index in [2.05, 4.69) is 0 Å². The van der Waals surface area contributed by atoms with Crippen LogP contribution in [0.15, 0.2) is 0 Å². The number of hydrogen-bond donors (Lipinski definition) is 2. The van der Waals surface area contributed by atoms with E-state index < -0.39 is 41.0 Å². The van der Waals surface area contributed by atoms with Gasteiger partial charge in [0.25, 0.3) is 0 Å². The summed E-state index contributed by atoms with van der Waals surface area (Å²) in [5, 5.41) is 10.4. The molecule has 1 saturated heterocycles. The number of nitrogens with one attached hydrogen (secondary N) is 1. The molecule has 10 heteroatoms. The number of ether oxygens (including phenoxy) is 2. The quantitative estimate of drug-likeness (QED) is 0.577. The molecule has 0 aromatic carbocycles. The maximum Gasteiger partial charge on any atom is 0.304 e. The highest BCUT2D eigenvalue weighted by Gasteiger charge is 2.53. The molecule has 4 aliphatic rings. The zero-order chi connectivity index (χ0) is 19.9. The molecule has 2 N–H and O–H groups in total. The number of aliphatic hydroxyl groups is 1. The highest BCUT2D eigenvalue weighted by Crippen LogP contribution is 2.45. The summed E-state index contributed by atoms with van der Waals surface area (Å²) in [4.78, 5) is 11.5. The second-order valence-electron chi connectivity index (χ2n) is 8.56. The molecule has 1 heterocycles. The molecule has 3 aliphatic carbocycles. The molecular formula is C18H29FN2O6S. The first kappa shape index (κ1) is 20.5. The molecule has 0 radical (unpaired) electrons. The number of rotatable bonds is 7. The third-order valence-corrected chi connectivity index (χ3v) is 7.96. The normalized spacial score (nSPS) is 40.9. The zero-order valence-corrected chi connectivity index (χ0v) is 16.7. The predicted molar refractivity (Wildman–Crippen MR) is 97.2 cm³/mol. The molecule has 6 unspecified atom stereocenters. The van der Waals surface area contributed by atoms with E-state index in [1.165, 1.54) is 12.8 Å². The third kappa shape index (κ3) is 4.35. The summed E-state index contributed by atoms with van der Waals surface area (Å²) >= 11 is 0. The van der Waals surface area contributed by atoms with Crippen molar-refractivity contribution in [2.24, 2.45) is 17.8 Å². The summed E-state index contributed by atoms with van der Waals surface area (Å²) in [6.07, 6.45) is 2.12. The van der Waals surface area contributed by atoms with Crippen LogP contribution in [0.5, 0.6) is 0 Å². The second kappa shape index (κ2) is 8.14. The van der Waals surface area contributed by atoms with Gasteiger partial charge in [-0.3, -0.25) is 4.79 Å². The Labute approximate surface area is 164 Å². The van der Waals surface area contributed by atoms with Gasteiger partial charge in [0.2, 0.25) is 5.91 Å². The van der Waals surface area contributed by atoms with Crippen molar-refractivity contribution < 1.29 is 32.2 Å². The van der Waals surface area contributed by atoms with Crippen LogP contribution in [0.2, 0.25) is 0 Å². The molecule has 4 fully saturated rings. The fourth-order valence-corrected chi connectivity index (χ4v) is 6.20. The Morgan fingerprint density at radius 2 is 1.96 bits per heavy atom. The summed E-state index contributed by atoms with van der Waals surface area (Å²) in [6, 6.07) is -1.23. The van der Waals surface area contributed by atoms with Crippen molar-refractivity contribution in [1.29, 1.82) is 0 Å². The number of carbonyl (C=O) groups is 1. The fourth-order valence-electron chi connectivity index (χ4n) is 4.86. The highest BCUT2D eigenvalue weighted by atomic mass is 32.2. The lowest BCUT2D eigenvalue weighted by Crippen LogP contribution is -2.59. The molecule has 0 aromatic heterocycles. The molecule has 3 saturated carbocycles. The van der Waals surface area contributed by atoms with Crippen LogP contribution < -0.4 is 4.72 Å². The summed E-state index contributed by atoms with van der Waals surface area (Å²) in [6.45, 7) is 1.33. The average Bonchev–Trinajstić information content (AvgIpc) is 3.40. The fraction of sp³-hybridized carbons (Fsp3) is 0.944. The molecule has 8 nitrogen and oxygen atoms in total. The van der Waals surface area contributed by atoms with Crippen LogP contribution in [0.1, 0.15) is 38.5 Å². The molecule has 0 spiro atoms. The van der Waals surface area contributed by atoms with Crippen LogP contribution in [-0.4, -0.2) is 74.5 Å². The van der Waals surface area contributed by atoms with Crippen LogP contribution >= 0.6 is 0 Å². The number of aliphatic hydroxyl groups excluding tert-OH is 1. The van der Waals surface area contributed by atoms with Gasteiger partial charge < -0.3 is 14.6 Å². The first-order valence-corrected chi connectivity index (χ1v) is 11.6. The van der Waals surface area contributed by atoms with Gasteiger partial charge in [-0.15, -0.1) is 0 Å². The largest absolute Gasteiger partial charge is 0.391 e. The van der Waals surface area contributed by atoms with E-state index in [0.29, 0.717) is 32.0 Å². The third-order valence-electron chi connectivity index (χ3n) is 6.49. The van der Waals surface area contributed by atoms with Crippen molar-refractivity contribution in [1.82, 2.24) is 9.03 Å². The minimum absolute atomic E-state index is 0.00110. The van der Waals surface area contributed by atoms with E-state index in [1.807, 2.05) is 4.72 Å². The molecule has 1 amide bonds. The monoisotopic (exact) mass is 420 g/mol. The number of alkyl halides is 1. The first-order chi connectivity index (χ1) is 13.3. The van der Waals surface area contributed by atoms with E-state index in [4.69, 9.17) is 9.47 Å². The van der Waals surface area contributed by atoms with Gasteiger partial charge in [-0.1, -0.05) is 0 Å². The van der Waals surface area contributed by atoms with Gasteiger partial charge in [-0.25, -0.2) is 9.11 Å². The van der Waals surface area contributed by atoms with Gasteiger partial charge in [0, 0.05) is 6.61 Å².